The minimum Gasteiger partial charge on any atom is -0.481 e. The number of unbranched alkanes of at least 4 members (excludes halogenated alkanes) is 2. The number of aliphatic hydroxyl groups excluding tert-OH is 1. The predicted molar refractivity (Wildman–Crippen MR) is 95.8 cm³/mol. The van der Waals surface area contributed by atoms with Crippen molar-refractivity contribution in [3.8, 4) is 0 Å². The zero-order chi connectivity index (χ0) is 17.8. The van der Waals surface area contributed by atoms with Gasteiger partial charge >= 0.3 is 5.97 Å². The van der Waals surface area contributed by atoms with Crippen LogP contribution in [0.2, 0.25) is 0 Å². The van der Waals surface area contributed by atoms with E-state index >= 15 is 0 Å². The molecule has 2 N–H and O–H groups in total. The molecule has 0 saturated heterocycles. The molecule has 4 nitrogen and oxygen atoms in total. The summed E-state index contributed by atoms with van der Waals surface area (Å²) in [5, 5.41) is 19.1. The highest BCUT2D eigenvalue weighted by atomic mass is 16.4. The van der Waals surface area contributed by atoms with Gasteiger partial charge in [-0.05, 0) is 38.5 Å². The van der Waals surface area contributed by atoms with Crippen LogP contribution in [-0.2, 0) is 9.59 Å². The van der Waals surface area contributed by atoms with E-state index in [4.69, 9.17) is 0 Å². The number of rotatable bonds is 12. The molecular weight excluding hydrogens is 304 g/mol. The summed E-state index contributed by atoms with van der Waals surface area (Å²) >= 11 is 0. The van der Waals surface area contributed by atoms with Gasteiger partial charge in [-0.2, -0.15) is 0 Å². The Morgan fingerprint density at radius 2 is 2.04 bits per heavy atom. The van der Waals surface area contributed by atoms with E-state index in [2.05, 4.69) is 6.92 Å². The molecule has 0 radical (unpaired) electrons. The highest BCUT2D eigenvalue weighted by Gasteiger charge is 2.35. The fraction of sp³-hybridized carbons (Fsp3) is 0.700. The molecule has 1 fully saturated rings. The van der Waals surface area contributed by atoms with Gasteiger partial charge in [-0.1, -0.05) is 50.5 Å². The number of carbonyl (C=O) groups is 2. The van der Waals surface area contributed by atoms with E-state index in [0.717, 1.165) is 44.9 Å². The SMILES string of the molecule is CCCCC[C@H](O)/C=C\C/C=C/CC[C@H](C(=O)O)[C@H]1CCCC1=O. The Morgan fingerprint density at radius 3 is 2.67 bits per heavy atom. The van der Waals surface area contributed by atoms with Crippen molar-refractivity contribution in [1.29, 1.82) is 0 Å². The largest absolute Gasteiger partial charge is 0.481 e. The van der Waals surface area contributed by atoms with Crippen LogP contribution in [0.1, 0.15) is 71.1 Å². The second kappa shape index (κ2) is 12.0. The fourth-order valence-electron chi connectivity index (χ4n) is 3.27. The minimum absolute atomic E-state index is 0.117. The maximum atomic E-state index is 11.7. The summed E-state index contributed by atoms with van der Waals surface area (Å²) in [4.78, 5) is 23.1. The van der Waals surface area contributed by atoms with E-state index in [0.29, 0.717) is 19.3 Å². The topological polar surface area (TPSA) is 74.6 Å². The number of hydrogen-bond donors (Lipinski definition) is 2. The number of carboxylic acid groups (broad SMARTS) is 1. The van der Waals surface area contributed by atoms with Gasteiger partial charge in [0, 0.05) is 12.3 Å². The van der Waals surface area contributed by atoms with Crippen molar-refractivity contribution in [2.75, 3.05) is 0 Å². The fourth-order valence-corrected chi connectivity index (χ4v) is 3.27. The van der Waals surface area contributed by atoms with Crippen molar-refractivity contribution < 1.29 is 19.8 Å². The van der Waals surface area contributed by atoms with Crippen LogP contribution in [0.25, 0.3) is 0 Å². The summed E-state index contributed by atoms with van der Waals surface area (Å²) in [5.41, 5.74) is 0. The molecule has 0 unspecified atom stereocenters. The molecule has 4 heteroatoms. The van der Waals surface area contributed by atoms with Gasteiger partial charge in [0.1, 0.15) is 5.78 Å². The maximum absolute atomic E-state index is 11.7. The van der Waals surface area contributed by atoms with Crippen molar-refractivity contribution in [2.45, 2.75) is 77.2 Å². The summed E-state index contributed by atoms with van der Waals surface area (Å²) in [6, 6.07) is 0. The maximum Gasteiger partial charge on any atom is 0.307 e. The van der Waals surface area contributed by atoms with Crippen LogP contribution in [0.15, 0.2) is 24.3 Å². The molecule has 1 aliphatic carbocycles. The van der Waals surface area contributed by atoms with Crippen molar-refractivity contribution in [3.63, 3.8) is 0 Å². The molecule has 0 aromatic heterocycles. The number of carboxylic acids is 1. The van der Waals surface area contributed by atoms with Crippen molar-refractivity contribution in [1.82, 2.24) is 0 Å². The number of hydrogen-bond acceptors (Lipinski definition) is 3. The molecule has 0 amide bonds. The zero-order valence-corrected chi connectivity index (χ0v) is 14.8. The van der Waals surface area contributed by atoms with E-state index in [1.165, 1.54) is 0 Å². The Morgan fingerprint density at radius 1 is 1.25 bits per heavy atom. The van der Waals surface area contributed by atoms with Crippen LogP contribution in [0.3, 0.4) is 0 Å². The van der Waals surface area contributed by atoms with E-state index in [1.54, 1.807) is 0 Å². The molecular formula is C20H32O4. The average Bonchev–Trinajstić information content (AvgIpc) is 2.95. The first-order valence-electron chi connectivity index (χ1n) is 9.31. The summed E-state index contributed by atoms with van der Waals surface area (Å²) in [6.07, 6.45) is 15.6. The van der Waals surface area contributed by atoms with Crippen LogP contribution in [0.4, 0.5) is 0 Å². The smallest absolute Gasteiger partial charge is 0.307 e. The van der Waals surface area contributed by atoms with Crippen LogP contribution in [0, 0.1) is 11.8 Å². The van der Waals surface area contributed by atoms with E-state index < -0.39 is 11.9 Å². The first-order valence-corrected chi connectivity index (χ1v) is 9.31. The molecule has 0 heterocycles. The number of aliphatic hydroxyl groups is 1. The third kappa shape index (κ3) is 7.91. The first kappa shape index (κ1) is 20.6. The van der Waals surface area contributed by atoms with E-state index in [-0.39, 0.29) is 17.8 Å². The number of allylic oxidation sites excluding steroid dienone is 3. The first-order chi connectivity index (χ1) is 11.6. The third-order valence-corrected chi connectivity index (χ3v) is 4.70. The average molecular weight is 336 g/mol. The van der Waals surface area contributed by atoms with Gasteiger partial charge in [-0.25, -0.2) is 0 Å². The van der Waals surface area contributed by atoms with Gasteiger partial charge in [-0.15, -0.1) is 0 Å². The molecule has 1 saturated carbocycles. The lowest BCUT2D eigenvalue weighted by Crippen LogP contribution is -2.26. The van der Waals surface area contributed by atoms with Gasteiger partial charge < -0.3 is 10.2 Å². The molecule has 0 spiro atoms. The molecule has 136 valence electrons. The molecule has 3 atom stereocenters. The molecule has 0 bridgehead atoms. The van der Waals surface area contributed by atoms with Crippen LogP contribution >= 0.6 is 0 Å². The molecule has 1 aliphatic rings. The van der Waals surface area contributed by atoms with Crippen LogP contribution in [0.5, 0.6) is 0 Å². The predicted octanol–water partition coefficient (Wildman–Crippen LogP) is 4.28. The number of ketones is 1. The Bertz CT molecular complexity index is 439. The number of carbonyl (C=O) groups excluding carboxylic acids is 1. The zero-order valence-electron chi connectivity index (χ0n) is 14.8. The van der Waals surface area contributed by atoms with E-state index in [9.17, 15) is 19.8 Å². The van der Waals surface area contributed by atoms with Crippen LogP contribution in [-0.4, -0.2) is 28.1 Å². The molecule has 0 aromatic rings. The summed E-state index contributed by atoms with van der Waals surface area (Å²) in [6.45, 7) is 2.14. The van der Waals surface area contributed by atoms with E-state index in [1.807, 2.05) is 24.3 Å². The number of aliphatic carboxylic acids is 1. The number of Topliss-reactive ketones (excluding diaryl/α,β-unsaturated/α-hetero) is 1. The highest BCUT2D eigenvalue weighted by molar-refractivity contribution is 5.87. The molecule has 1 rings (SSSR count). The Hall–Kier alpha value is -1.42. The third-order valence-electron chi connectivity index (χ3n) is 4.70. The summed E-state index contributed by atoms with van der Waals surface area (Å²) in [5.74, 6) is -1.56. The van der Waals surface area contributed by atoms with Gasteiger partial charge in [0.2, 0.25) is 0 Å². The standard InChI is InChI=1S/C20H32O4/c1-2-3-7-11-16(21)12-8-5-4-6-9-13-18(20(23)24)17-14-10-15-19(17)22/h4,6,8,12,16-18,21H,2-3,5,7,9-11,13-15H2,1H3,(H,23,24)/b6-4+,12-8-/t16-,17+,18-/m0/s1. The molecule has 0 aromatic carbocycles. The highest BCUT2D eigenvalue weighted by Crippen LogP contribution is 2.31. The monoisotopic (exact) mass is 336 g/mol. The lowest BCUT2D eigenvalue weighted by Gasteiger charge is -2.17. The Balaban J connectivity index is 2.23. The van der Waals surface area contributed by atoms with Crippen molar-refractivity contribution in [3.05, 3.63) is 24.3 Å². The van der Waals surface area contributed by atoms with Gasteiger partial charge in [0.15, 0.2) is 0 Å². The Kier molecular flexibility index (Phi) is 10.3. The van der Waals surface area contributed by atoms with Gasteiger partial charge in [-0.3, -0.25) is 9.59 Å². The van der Waals surface area contributed by atoms with Gasteiger partial charge in [0.25, 0.3) is 0 Å². The normalized spacial score (nSPS) is 20.9. The quantitative estimate of drug-likeness (QED) is 0.412. The van der Waals surface area contributed by atoms with Gasteiger partial charge in [0.05, 0.1) is 12.0 Å². The molecule has 24 heavy (non-hydrogen) atoms. The lowest BCUT2D eigenvalue weighted by atomic mass is 9.86. The lowest BCUT2D eigenvalue weighted by molar-refractivity contribution is -0.146. The summed E-state index contributed by atoms with van der Waals surface area (Å²) < 4.78 is 0. The van der Waals surface area contributed by atoms with Crippen molar-refractivity contribution >= 4 is 11.8 Å². The minimum atomic E-state index is -0.848. The second-order valence-corrected chi connectivity index (χ2v) is 6.69. The molecule has 0 aliphatic heterocycles. The second-order valence-electron chi connectivity index (χ2n) is 6.69. The van der Waals surface area contributed by atoms with Crippen LogP contribution < -0.4 is 0 Å². The van der Waals surface area contributed by atoms with Crippen molar-refractivity contribution in [2.24, 2.45) is 11.8 Å². The summed E-state index contributed by atoms with van der Waals surface area (Å²) in [7, 11) is 0. The Labute approximate surface area is 145 Å².